The molecule has 2 N–H and O–H groups in total. The predicted octanol–water partition coefficient (Wildman–Crippen LogP) is 7.71. The molecule has 10 rings (SSSR count). The van der Waals surface area contributed by atoms with Gasteiger partial charge in [0, 0.05) is 58.2 Å². The van der Waals surface area contributed by atoms with Gasteiger partial charge in [-0.05, 0) is 67.8 Å². The minimum Gasteiger partial charge on any atom is -0.469 e. The van der Waals surface area contributed by atoms with Gasteiger partial charge in [-0.25, -0.2) is 26.3 Å². The Bertz CT molecular complexity index is 2920. The molecule has 2 atom stereocenters. The molecule has 0 radical (unpaired) electrons. The molecule has 3 saturated heterocycles. The monoisotopic (exact) mass is 1170 g/mol. The van der Waals surface area contributed by atoms with E-state index in [0.717, 1.165) is 40.2 Å². The number of hydrogen-bond donors (Lipinski definition) is 2. The van der Waals surface area contributed by atoms with Crippen molar-refractivity contribution >= 4 is 89.7 Å². The highest BCUT2D eigenvalue weighted by Crippen LogP contribution is 2.44. The number of pyridine rings is 4. The van der Waals surface area contributed by atoms with Crippen LogP contribution < -0.4 is 25.3 Å². The number of nitrogens with one attached hydrogen (secondary N) is 2. The van der Waals surface area contributed by atoms with Gasteiger partial charge >= 0.3 is 11.9 Å². The van der Waals surface area contributed by atoms with Crippen LogP contribution in [0.3, 0.4) is 0 Å². The van der Waals surface area contributed by atoms with Crippen LogP contribution in [0.2, 0.25) is 0 Å². The van der Waals surface area contributed by atoms with Crippen molar-refractivity contribution < 1.29 is 55.0 Å². The van der Waals surface area contributed by atoms with E-state index in [9.17, 15) is 45.5 Å². The molecule has 9 heterocycles. The van der Waals surface area contributed by atoms with Crippen molar-refractivity contribution in [1.29, 1.82) is 0 Å². The number of alkyl halides is 6. The van der Waals surface area contributed by atoms with Crippen molar-refractivity contribution in [1.82, 2.24) is 40.3 Å². The van der Waals surface area contributed by atoms with Crippen molar-refractivity contribution in [3.8, 4) is 0 Å². The Morgan fingerprint density at radius 3 is 1.26 bits per heavy atom. The third-order valence-corrected chi connectivity index (χ3v) is 14.8. The lowest BCUT2D eigenvalue weighted by molar-refractivity contribution is -0.140. The number of halogens is 7. The zero-order chi connectivity index (χ0) is 54.9. The van der Waals surface area contributed by atoms with Crippen LogP contribution in [0.1, 0.15) is 70.3 Å². The van der Waals surface area contributed by atoms with Gasteiger partial charge in [-0.15, -0.1) is 20.4 Å². The molecule has 3 aliphatic heterocycles. The Kier molecular flexibility index (Phi) is 18.0. The van der Waals surface area contributed by atoms with Crippen LogP contribution in [-0.2, 0) is 54.3 Å². The largest absolute Gasteiger partial charge is 0.469 e. The normalized spacial score (nSPS) is 18.6. The van der Waals surface area contributed by atoms with Crippen molar-refractivity contribution in [2.24, 2.45) is 0 Å². The summed E-state index contributed by atoms with van der Waals surface area (Å²) in [5, 5.41) is 24.9. The van der Waals surface area contributed by atoms with Gasteiger partial charge in [-0.2, -0.15) is 0 Å². The van der Waals surface area contributed by atoms with Gasteiger partial charge in [0.2, 0.25) is 22.1 Å². The lowest BCUT2D eigenvalue weighted by Crippen LogP contribution is -2.56. The number of hydrogen-bond acceptors (Lipinski definition) is 19. The Morgan fingerprint density at radius 1 is 0.558 bits per heavy atom. The number of rotatable bonds is 15. The van der Waals surface area contributed by atoms with E-state index in [1.165, 1.54) is 55.5 Å². The number of aromatic nitrogens is 8. The van der Waals surface area contributed by atoms with E-state index >= 15 is 0 Å². The lowest BCUT2D eigenvalue weighted by atomic mass is 9.82. The van der Waals surface area contributed by atoms with Crippen molar-refractivity contribution in [2.75, 3.05) is 78.8 Å². The summed E-state index contributed by atoms with van der Waals surface area (Å²) in [5.41, 5.74) is 4.03. The molecule has 1 saturated carbocycles. The fraction of sp³-hybridized carbons (Fsp3) is 0.429. The fourth-order valence-corrected chi connectivity index (χ4v) is 10.7. The Labute approximate surface area is 453 Å². The van der Waals surface area contributed by atoms with Gasteiger partial charge in [0.05, 0.1) is 102 Å². The summed E-state index contributed by atoms with van der Waals surface area (Å²) in [6.07, 6.45) is 9.90. The highest BCUT2D eigenvalue weighted by atomic mass is 79.9. The third-order valence-electron chi connectivity index (χ3n) is 12.3. The number of carbonyl (C=O) groups is 4. The first-order valence-electron chi connectivity index (χ1n) is 23.9. The first kappa shape index (κ1) is 56.3. The highest BCUT2D eigenvalue weighted by molar-refractivity contribution is 9.10. The second-order valence-electron chi connectivity index (χ2n) is 18.5. The molecule has 6 aromatic rings. The van der Waals surface area contributed by atoms with Crippen LogP contribution in [0.5, 0.6) is 0 Å². The summed E-state index contributed by atoms with van der Waals surface area (Å²) in [6.45, 7) is -1.96. The third kappa shape index (κ3) is 16.1. The molecule has 19 nitrogen and oxygen atoms in total. The van der Waals surface area contributed by atoms with Crippen molar-refractivity contribution in [3.05, 3.63) is 111 Å². The fourth-order valence-electron chi connectivity index (χ4n) is 8.54. The van der Waals surface area contributed by atoms with E-state index in [0.29, 0.717) is 50.1 Å². The van der Waals surface area contributed by atoms with Crippen LogP contribution >= 0.6 is 38.6 Å². The zero-order valence-corrected chi connectivity index (χ0v) is 44.5. The molecule has 6 aromatic heterocycles. The molecule has 408 valence electrons. The SMILES string of the molecule is COC(=O)Cc1cc(Br)ccn1.COC(=O)Cc1cc(N2CC(F)(F)C2)ccn1.O=C(Cc1cc(N2CC(F)(F)C2)ccn1)Nc1nnc([C@H]2CCC[C@H](c3nnc(NC(=O)Cc4cc(N5CC(F)(F)C5)ccn4)s3)C2)s1. The van der Waals surface area contributed by atoms with E-state index in [-0.39, 0.29) is 94.6 Å². The van der Waals surface area contributed by atoms with E-state index in [1.54, 1.807) is 69.4 Å². The van der Waals surface area contributed by atoms with E-state index in [4.69, 9.17) is 0 Å². The summed E-state index contributed by atoms with van der Waals surface area (Å²) < 4.78 is 88.4. The van der Waals surface area contributed by atoms with E-state index in [1.807, 2.05) is 0 Å². The first-order chi connectivity index (χ1) is 36.7. The average molecular weight is 1180 g/mol. The molecule has 0 spiro atoms. The molecule has 4 fully saturated rings. The maximum atomic E-state index is 13.3. The van der Waals surface area contributed by atoms with E-state index < -0.39 is 23.7 Å². The Hall–Kier alpha value is -6.94. The van der Waals surface area contributed by atoms with Gasteiger partial charge in [-0.1, -0.05) is 45.0 Å². The molecule has 0 bridgehead atoms. The number of amides is 2. The van der Waals surface area contributed by atoms with Crippen molar-refractivity contribution in [2.45, 2.75) is 81.0 Å². The molecule has 2 amide bonds. The number of esters is 2. The molecule has 0 unspecified atom stereocenters. The maximum Gasteiger partial charge on any atom is 0.311 e. The van der Waals surface area contributed by atoms with Gasteiger partial charge < -0.3 is 34.8 Å². The molecule has 0 aromatic carbocycles. The molecule has 28 heteroatoms. The first-order valence-corrected chi connectivity index (χ1v) is 26.4. The molecule has 1 aliphatic carbocycles. The Morgan fingerprint density at radius 2 is 0.909 bits per heavy atom. The minimum atomic E-state index is -2.69. The molecular weight excluding hydrogens is 1120 g/mol. The number of nitrogens with zero attached hydrogens (tertiary/aromatic N) is 11. The van der Waals surface area contributed by atoms with Crippen LogP contribution in [-0.4, -0.2) is 135 Å². The summed E-state index contributed by atoms with van der Waals surface area (Å²) in [7, 11) is 2.66. The second-order valence-corrected chi connectivity index (χ2v) is 21.5. The van der Waals surface area contributed by atoms with Gasteiger partial charge in [-0.3, -0.25) is 39.1 Å². The number of ether oxygens (including phenoxy) is 2. The summed E-state index contributed by atoms with van der Waals surface area (Å²) in [4.78, 5) is 68.3. The highest BCUT2D eigenvalue weighted by Gasteiger charge is 2.45. The van der Waals surface area contributed by atoms with Gasteiger partial charge in [0.1, 0.15) is 10.0 Å². The van der Waals surface area contributed by atoms with Gasteiger partial charge in [0.25, 0.3) is 17.8 Å². The van der Waals surface area contributed by atoms with Crippen LogP contribution in [0.4, 0.5) is 53.7 Å². The number of methoxy groups -OCH3 is 2. The zero-order valence-electron chi connectivity index (χ0n) is 41.3. The maximum absolute atomic E-state index is 13.3. The lowest BCUT2D eigenvalue weighted by Gasteiger charge is -2.40. The summed E-state index contributed by atoms with van der Waals surface area (Å²) in [5.74, 6) is -9.09. The van der Waals surface area contributed by atoms with Crippen LogP contribution in [0.25, 0.3) is 0 Å². The quantitative estimate of drug-likeness (QED) is 0.0742. The topological polar surface area (TPSA) is 224 Å². The van der Waals surface area contributed by atoms with Crippen LogP contribution in [0.15, 0.2) is 77.8 Å². The predicted molar refractivity (Wildman–Crippen MR) is 276 cm³/mol. The van der Waals surface area contributed by atoms with Crippen LogP contribution in [0, 0.1) is 0 Å². The Balaban J connectivity index is 0.000000219. The van der Waals surface area contributed by atoms with E-state index in [2.05, 4.69) is 76.4 Å². The number of anilines is 5. The van der Waals surface area contributed by atoms with Crippen molar-refractivity contribution in [3.63, 3.8) is 0 Å². The molecule has 77 heavy (non-hydrogen) atoms. The minimum absolute atomic E-state index is 0.0304. The summed E-state index contributed by atoms with van der Waals surface area (Å²) in [6, 6.07) is 13.5. The molecule has 4 aliphatic rings. The second kappa shape index (κ2) is 24.6. The average Bonchev–Trinajstić information content (AvgIpc) is 4.05. The summed E-state index contributed by atoms with van der Waals surface area (Å²) >= 11 is 5.91. The smallest absolute Gasteiger partial charge is 0.311 e. The standard InChI is InChI=1S/C30H30F4N10O2S2.C11H12F2N2O2.C8H8BrNO2/c31-29(32)13-43(14-29)21-4-6-35-19(9-21)11-23(45)37-27-41-39-25(47-27)17-2-1-3-18(8-17)26-40-42-28(48-26)38-24(46)12-20-10-22(5-7-36-20)44-15-30(33,34)16-44;1-17-10(16)5-8-4-9(2-3-14-8)15-6-11(12,13)7-15;1-12-8(11)5-7-4-6(9)2-3-10-7/h4-7,9-10,17-18H,1-3,8,11-16H2,(H,37,41,45)(H,38,42,46);2-4H,5-7H2,1H3;2-4H,5H2,1H3/t17-,18-;;/m0../s1. The van der Waals surface area contributed by atoms with Gasteiger partial charge in [0.15, 0.2) is 0 Å². The number of carbonyl (C=O) groups excluding carboxylic acids is 4. The molecular formula is C49H50BrF6N13O6S2.